The third-order valence-electron chi connectivity index (χ3n) is 5.59. The molecular formula is C25H25FN4O3. The largest absolute Gasteiger partial charge is 0.484 e. The van der Waals surface area contributed by atoms with E-state index >= 15 is 0 Å². The summed E-state index contributed by atoms with van der Waals surface area (Å²) < 4.78 is 19.5. The highest BCUT2D eigenvalue weighted by molar-refractivity contribution is 6.04. The molecule has 1 aliphatic heterocycles. The van der Waals surface area contributed by atoms with Gasteiger partial charge in [-0.25, -0.2) is 14.4 Å². The maximum Gasteiger partial charge on any atom is 0.261 e. The number of hydrogen-bond acceptors (Lipinski definition) is 5. The molecular weight excluding hydrogens is 423 g/mol. The van der Waals surface area contributed by atoms with Crippen molar-refractivity contribution >= 4 is 17.5 Å². The Hall–Kier alpha value is -3.81. The molecule has 1 aliphatic rings. The van der Waals surface area contributed by atoms with E-state index in [0.29, 0.717) is 23.8 Å². The van der Waals surface area contributed by atoms with Gasteiger partial charge in [0.1, 0.15) is 11.6 Å². The molecule has 8 heteroatoms. The van der Waals surface area contributed by atoms with Gasteiger partial charge in [0.25, 0.3) is 11.8 Å². The molecule has 2 amide bonds. The number of aromatic nitrogens is 2. The smallest absolute Gasteiger partial charge is 0.261 e. The van der Waals surface area contributed by atoms with Crippen molar-refractivity contribution in [3.8, 4) is 5.75 Å². The summed E-state index contributed by atoms with van der Waals surface area (Å²) in [6, 6.07) is 14.9. The standard InChI is InChI=1S/C25H25FN4O3/c1-17-19(25(32)29-21-12-6-5-11-20(21)26)15-27-24(28-17)22-13-7-8-14-30(22)23(31)16-33-18-9-3-2-4-10-18/h2-6,9-12,15,22H,7-8,13-14,16H2,1H3,(H,29,32)/t22-/m0/s1. The lowest BCUT2D eigenvalue weighted by Crippen LogP contribution is -2.41. The van der Waals surface area contributed by atoms with Crippen LogP contribution in [0.2, 0.25) is 0 Å². The average Bonchev–Trinajstić information content (AvgIpc) is 2.84. The molecule has 0 radical (unpaired) electrons. The first-order valence-corrected chi connectivity index (χ1v) is 10.9. The van der Waals surface area contributed by atoms with Crippen molar-refractivity contribution in [1.82, 2.24) is 14.9 Å². The minimum Gasteiger partial charge on any atom is -0.484 e. The third kappa shape index (κ3) is 5.34. The highest BCUT2D eigenvalue weighted by Crippen LogP contribution is 2.29. The number of carbonyl (C=O) groups excluding carboxylic acids is 2. The van der Waals surface area contributed by atoms with Crippen LogP contribution in [0.3, 0.4) is 0 Å². The van der Waals surface area contributed by atoms with Crippen molar-refractivity contribution in [1.29, 1.82) is 0 Å². The first kappa shape index (κ1) is 22.4. The number of likely N-dealkylation sites (tertiary alicyclic amines) is 1. The van der Waals surface area contributed by atoms with Gasteiger partial charge < -0.3 is 15.0 Å². The number of nitrogens with one attached hydrogen (secondary N) is 1. The minimum atomic E-state index is -0.518. The molecule has 1 fully saturated rings. The number of nitrogens with zero attached hydrogens (tertiary/aromatic N) is 3. The van der Waals surface area contributed by atoms with Gasteiger partial charge in [-0.2, -0.15) is 0 Å². The number of carbonyl (C=O) groups is 2. The van der Waals surface area contributed by atoms with Crippen LogP contribution >= 0.6 is 0 Å². The number of halogens is 1. The van der Waals surface area contributed by atoms with Crippen LogP contribution in [-0.2, 0) is 4.79 Å². The van der Waals surface area contributed by atoms with Crippen molar-refractivity contribution < 1.29 is 18.7 Å². The van der Waals surface area contributed by atoms with Crippen molar-refractivity contribution in [3.63, 3.8) is 0 Å². The number of rotatable bonds is 6. The predicted molar refractivity (Wildman–Crippen MR) is 121 cm³/mol. The molecule has 170 valence electrons. The van der Waals surface area contributed by atoms with Crippen molar-refractivity contribution in [3.05, 3.63) is 83.7 Å². The molecule has 0 saturated carbocycles. The van der Waals surface area contributed by atoms with Crippen LogP contribution < -0.4 is 10.1 Å². The van der Waals surface area contributed by atoms with E-state index in [4.69, 9.17) is 4.74 Å². The number of ether oxygens (including phenoxy) is 1. The number of hydrogen-bond donors (Lipinski definition) is 1. The van der Waals surface area contributed by atoms with E-state index in [1.807, 2.05) is 18.2 Å². The summed E-state index contributed by atoms with van der Waals surface area (Å²) in [5.74, 6) is -0.0160. The van der Waals surface area contributed by atoms with E-state index in [2.05, 4.69) is 15.3 Å². The molecule has 1 aromatic heterocycles. The molecule has 2 heterocycles. The van der Waals surface area contributed by atoms with Crippen LogP contribution in [0.25, 0.3) is 0 Å². The Kier molecular flexibility index (Phi) is 6.92. The van der Waals surface area contributed by atoms with Crippen LogP contribution in [0, 0.1) is 12.7 Å². The maximum atomic E-state index is 13.9. The lowest BCUT2D eigenvalue weighted by Gasteiger charge is -2.34. The molecule has 3 aromatic rings. The normalized spacial score (nSPS) is 15.7. The van der Waals surface area contributed by atoms with Crippen LogP contribution in [0.15, 0.2) is 60.8 Å². The first-order valence-electron chi connectivity index (χ1n) is 10.9. The fourth-order valence-electron chi connectivity index (χ4n) is 3.86. The fraction of sp³-hybridized carbons (Fsp3) is 0.280. The molecule has 0 aliphatic carbocycles. The molecule has 1 saturated heterocycles. The van der Waals surface area contributed by atoms with Gasteiger partial charge in [0.05, 0.1) is 23.0 Å². The van der Waals surface area contributed by atoms with Gasteiger partial charge in [-0.3, -0.25) is 9.59 Å². The lowest BCUT2D eigenvalue weighted by molar-refractivity contribution is -0.137. The number of para-hydroxylation sites is 2. The van der Waals surface area contributed by atoms with Gasteiger partial charge in [-0.15, -0.1) is 0 Å². The number of piperidine rings is 1. The second-order valence-corrected chi connectivity index (χ2v) is 7.86. The zero-order valence-corrected chi connectivity index (χ0v) is 18.3. The topological polar surface area (TPSA) is 84.4 Å². The van der Waals surface area contributed by atoms with Crippen LogP contribution in [-0.4, -0.2) is 39.8 Å². The molecule has 7 nitrogen and oxygen atoms in total. The zero-order valence-electron chi connectivity index (χ0n) is 18.3. The Morgan fingerprint density at radius 3 is 2.64 bits per heavy atom. The molecule has 0 unspecified atom stereocenters. The van der Waals surface area contributed by atoms with E-state index in [9.17, 15) is 14.0 Å². The quantitative estimate of drug-likeness (QED) is 0.608. The maximum absolute atomic E-state index is 13.9. The van der Waals surface area contributed by atoms with Gasteiger partial charge in [-0.1, -0.05) is 30.3 Å². The Morgan fingerprint density at radius 2 is 1.88 bits per heavy atom. The van der Waals surface area contributed by atoms with E-state index in [0.717, 1.165) is 19.3 Å². The Balaban J connectivity index is 1.47. The predicted octanol–water partition coefficient (Wildman–Crippen LogP) is 4.31. The summed E-state index contributed by atoms with van der Waals surface area (Å²) in [5, 5.41) is 2.55. The molecule has 4 rings (SSSR count). The number of anilines is 1. The number of benzene rings is 2. The second-order valence-electron chi connectivity index (χ2n) is 7.86. The van der Waals surface area contributed by atoms with Crippen LogP contribution in [0.4, 0.5) is 10.1 Å². The average molecular weight is 448 g/mol. The summed E-state index contributed by atoms with van der Waals surface area (Å²) in [5.41, 5.74) is 0.809. The molecule has 33 heavy (non-hydrogen) atoms. The fourth-order valence-corrected chi connectivity index (χ4v) is 3.86. The van der Waals surface area contributed by atoms with Gasteiger partial charge in [-0.05, 0) is 50.5 Å². The molecule has 2 aromatic carbocycles. The zero-order chi connectivity index (χ0) is 23.2. The highest BCUT2D eigenvalue weighted by atomic mass is 19.1. The summed E-state index contributed by atoms with van der Waals surface area (Å²) in [4.78, 5) is 36.2. The van der Waals surface area contributed by atoms with E-state index in [-0.39, 0.29) is 29.8 Å². The van der Waals surface area contributed by atoms with Crippen LogP contribution in [0.1, 0.15) is 47.2 Å². The Bertz CT molecular complexity index is 1140. The van der Waals surface area contributed by atoms with Gasteiger partial charge >= 0.3 is 0 Å². The van der Waals surface area contributed by atoms with E-state index in [1.54, 1.807) is 36.1 Å². The summed E-state index contributed by atoms with van der Waals surface area (Å²) in [6.07, 6.45) is 4.02. The lowest BCUT2D eigenvalue weighted by atomic mass is 10.0. The number of aryl methyl sites for hydroxylation is 1. The molecule has 1 atom stereocenters. The third-order valence-corrected chi connectivity index (χ3v) is 5.59. The summed E-state index contributed by atoms with van der Waals surface area (Å²) in [7, 11) is 0. The summed E-state index contributed by atoms with van der Waals surface area (Å²) >= 11 is 0. The van der Waals surface area contributed by atoms with Gasteiger partial charge in [0.15, 0.2) is 12.4 Å². The van der Waals surface area contributed by atoms with Gasteiger partial charge in [0, 0.05) is 12.7 Å². The number of amides is 2. The first-order chi connectivity index (χ1) is 16.0. The van der Waals surface area contributed by atoms with Crippen molar-refractivity contribution in [2.75, 3.05) is 18.5 Å². The molecule has 0 bridgehead atoms. The van der Waals surface area contributed by atoms with Crippen LogP contribution in [0.5, 0.6) is 5.75 Å². The Labute approximate surface area is 191 Å². The molecule has 1 N–H and O–H groups in total. The second kappa shape index (κ2) is 10.2. The SMILES string of the molecule is Cc1nc([C@@H]2CCCCN2C(=O)COc2ccccc2)ncc1C(=O)Nc1ccccc1F. The van der Waals surface area contributed by atoms with E-state index < -0.39 is 11.7 Å². The monoisotopic (exact) mass is 448 g/mol. The van der Waals surface area contributed by atoms with Crippen molar-refractivity contribution in [2.24, 2.45) is 0 Å². The van der Waals surface area contributed by atoms with Gasteiger partial charge in [0.2, 0.25) is 0 Å². The van der Waals surface area contributed by atoms with E-state index in [1.165, 1.54) is 18.3 Å². The van der Waals surface area contributed by atoms with Crippen molar-refractivity contribution in [2.45, 2.75) is 32.2 Å². The minimum absolute atomic E-state index is 0.0668. The summed E-state index contributed by atoms with van der Waals surface area (Å²) in [6.45, 7) is 2.23. The Morgan fingerprint density at radius 1 is 1.12 bits per heavy atom. The molecule has 0 spiro atoms. The highest BCUT2D eigenvalue weighted by Gasteiger charge is 2.30.